The van der Waals surface area contributed by atoms with Crippen molar-refractivity contribution >= 4 is 24.1 Å². The number of carbonyl (C=O) groups is 4. The van der Waals surface area contributed by atoms with Gasteiger partial charge in [0.15, 0.2) is 0 Å². The van der Waals surface area contributed by atoms with Crippen molar-refractivity contribution < 1.29 is 42.9 Å². The summed E-state index contributed by atoms with van der Waals surface area (Å²) in [4.78, 5) is 47.7. The Morgan fingerprint density at radius 3 is 1.61 bits per heavy atom. The molecule has 41 heavy (non-hydrogen) atoms. The predicted octanol–water partition coefficient (Wildman–Crippen LogP) is 6.49. The van der Waals surface area contributed by atoms with Gasteiger partial charge in [0, 0.05) is 6.08 Å². The Morgan fingerprint density at radius 1 is 0.634 bits per heavy atom. The second-order valence-corrected chi connectivity index (χ2v) is 8.85. The first kappa shape index (κ1) is 30.6. The van der Waals surface area contributed by atoms with Gasteiger partial charge in [0.05, 0.1) is 24.3 Å². The third kappa shape index (κ3) is 10.6. The molecule has 0 radical (unpaired) electrons. The number of esters is 3. The molecule has 0 aliphatic heterocycles. The van der Waals surface area contributed by atoms with Gasteiger partial charge in [-0.05, 0) is 91.9 Å². The van der Waals surface area contributed by atoms with Gasteiger partial charge < -0.3 is 23.7 Å². The van der Waals surface area contributed by atoms with Crippen LogP contribution in [0.3, 0.4) is 0 Å². The second-order valence-electron chi connectivity index (χ2n) is 8.85. The lowest BCUT2D eigenvalue weighted by Crippen LogP contribution is -2.12. The molecule has 0 unspecified atom stereocenters. The van der Waals surface area contributed by atoms with E-state index in [0.717, 1.165) is 25.3 Å². The summed E-state index contributed by atoms with van der Waals surface area (Å²) in [6, 6.07) is 19.2. The van der Waals surface area contributed by atoms with Gasteiger partial charge in [0.2, 0.25) is 0 Å². The summed E-state index contributed by atoms with van der Waals surface area (Å²) in [6.45, 7) is 5.73. The SMILES string of the molecule is C=CC(=O)OCCCCOC(=O)Oc1ccc(C(=O)Oc2ccc(OC(=O)c3ccc(CCCC)cc3)cc2)cc1. The van der Waals surface area contributed by atoms with Crippen LogP contribution in [0.1, 0.15) is 58.9 Å². The first-order valence-corrected chi connectivity index (χ1v) is 13.2. The summed E-state index contributed by atoms with van der Waals surface area (Å²) < 4.78 is 25.6. The van der Waals surface area contributed by atoms with Gasteiger partial charge in [-0.25, -0.2) is 19.2 Å². The Bertz CT molecular complexity index is 1310. The number of ether oxygens (including phenoxy) is 5. The molecule has 0 spiro atoms. The van der Waals surface area contributed by atoms with E-state index >= 15 is 0 Å². The Morgan fingerprint density at radius 2 is 1.10 bits per heavy atom. The minimum atomic E-state index is -0.895. The normalized spacial score (nSPS) is 10.3. The van der Waals surface area contributed by atoms with Crippen molar-refractivity contribution in [2.45, 2.75) is 39.0 Å². The maximum Gasteiger partial charge on any atom is 0.513 e. The van der Waals surface area contributed by atoms with Crippen molar-refractivity contribution in [3.8, 4) is 17.2 Å². The van der Waals surface area contributed by atoms with E-state index in [4.69, 9.17) is 23.7 Å². The molecule has 3 rings (SSSR count). The zero-order valence-corrected chi connectivity index (χ0v) is 22.8. The molecule has 0 atom stereocenters. The van der Waals surface area contributed by atoms with Crippen LogP contribution >= 0.6 is 0 Å². The van der Waals surface area contributed by atoms with Crippen LogP contribution in [-0.2, 0) is 20.7 Å². The highest BCUT2D eigenvalue weighted by Crippen LogP contribution is 2.21. The number of unbranched alkanes of at least 4 members (excludes halogenated alkanes) is 2. The van der Waals surface area contributed by atoms with E-state index in [0.29, 0.717) is 24.2 Å². The highest BCUT2D eigenvalue weighted by Gasteiger charge is 2.13. The number of aryl methyl sites for hydroxylation is 1. The monoisotopic (exact) mass is 560 g/mol. The smallest absolute Gasteiger partial charge is 0.463 e. The number of hydrogen-bond acceptors (Lipinski definition) is 9. The summed E-state index contributed by atoms with van der Waals surface area (Å²) >= 11 is 0. The van der Waals surface area contributed by atoms with E-state index in [2.05, 4.69) is 13.5 Å². The minimum Gasteiger partial charge on any atom is -0.463 e. The summed E-state index contributed by atoms with van der Waals surface area (Å²) in [5.41, 5.74) is 1.86. The standard InChI is InChI=1S/C32H32O9/c1-3-5-8-23-9-11-24(12-10-23)30(34)39-26-17-19-27(20-18-26)40-31(35)25-13-15-28(16-14-25)41-32(36)38-22-7-6-21-37-29(33)4-2/h4,9-20H,2-3,5-8,21-22H2,1H3. The van der Waals surface area contributed by atoms with Crippen LogP contribution in [0.15, 0.2) is 85.5 Å². The molecule has 0 bridgehead atoms. The molecular weight excluding hydrogens is 528 g/mol. The number of benzene rings is 3. The lowest BCUT2D eigenvalue weighted by molar-refractivity contribution is -0.137. The third-order valence-corrected chi connectivity index (χ3v) is 5.71. The van der Waals surface area contributed by atoms with E-state index in [9.17, 15) is 19.2 Å². The number of hydrogen-bond donors (Lipinski definition) is 0. The van der Waals surface area contributed by atoms with Crippen molar-refractivity contribution in [3.05, 3.63) is 102 Å². The molecule has 0 amide bonds. The van der Waals surface area contributed by atoms with Crippen molar-refractivity contribution in [2.24, 2.45) is 0 Å². The van der Waals surface area contributed by atoms with Gasteiger partial charge in [-0.2, -0.15) is 0 Å². The summed E-state index contributed by atoms with van der Waals surface area (Å²) in [5.74, 6) is -0.840. The van der Waals surface area contributed by atoms with E-state index in [1.54, 1.807) is 12.1 Å². The fourth-order valence-corrected chi connectivity index (χ4v) is 3.47. The van der Waals surface area contributed by atoms with Crippen LogP contribution in [0.25, 0.3) is 0 Å². The minimum absolute atomic E-state index is 0.0963. The van der Waals surface area contributed by atoms with Crippen LogP contribution in [-0.4, -0.2) is 37.3 Å². The zero-order chi connectivity index (χ0) is 29.5. The fraction of sp³-hybridized carbons (Fsp3) is 0.250. The van der Waals surface area contributed by atoms with E-state index in [1.807, 2.05) is 12.1 Å². The molecule has 9 nitrogen and oxygen atoms in total. The zero-order valence-electron chi connectivity index (χ0n) is 22.8. The second kappa shape index (κ2) is 16.2. The maximum absolute atomic E-state index is 12.5. The van der Waals surface area contributed by atoms with E-state index in [-0.39, 0.29) is 30.3 Å². The van der Waals surface area contributed by atoms with Crippen LogP contribution < -0.4 is 14.2 Å². The molecule has 0 fully saturated rings. The number of carbonyl (C=O) groups excluding carboxylic acids is 4. The van der Waals surface area contributed by atoms with Crippen molar-refractivity contribution in [1.82, 2.24) is 0 Å². The highest BCUT2D eigenvalue weighted by molar-refractivity contribution is 5.92. The summed E-state index contributed by atoms with van der Waals surface area (Å²) in [7, 11) is 0. The van der Waals surface area contributed by atoms with Gasteiger partial charge in [0.25, 0.3) is 0 Å². The van der Waals surface area contributed by atoms with Gasteiger partial charge >= 0.3 is 24.1 Å². The van der Waals surface area contributed by atoms with Crippen LogP contribution in [0.2, 0.25) is 0 Å². The van der Waals surface area contributed by atoms with Crippen molar-refractivity contribution in [2.75, 3.05) is 13.2 Å². The molecule has 3 aromatic rings. The van der Waals surface area contributed by atoms with E-state index in [1.165, 1.54) is 54.1 Å². The Kier molecular flexibility index (Phi) is 12.1. The first-order chi connectivity index (χ1) is 19.9. The number of rotatable bonds is 14. The molecule has 0 aromatic heterocycles. The maximum atomic E-state index is 12.5. The van der Waals surface area contributed by atoms with Crippen LogP contribution in [0, 0.1) is 0 Å². The average Bonchev–Trinajstić information content (AvgIpc) is 2.99. The topological polar surface area (TPSA) is 114 Å². The van der Waals surface area contributed by atoms with Crippen molar-refractivity contribution in [3.63, 3.8) is 0 Å². The molecule has 0 N–H and O–H groups in total. The lowest BCUT2D eigenvalue weighted by Gasteiger charge is -2.08. The van der Waals surface area contributed by atoms with Gasteiger partial charge in [-0.1, -0.05) is 32.1 Å². The van der Waals surface area contributed by atoms with Gasteiger partial charge in [0.1, 0.15) is 17.2 Å². The molecule has 0 aliphatic carbocycles. The van der Waals surface area contributed by atoms with E-state index < -0.39 is 24.1 Å². The average molecular weight is 561 g/mol. The molecule has 0 aliphatic rings. The lowest BCUT2D eigenvalue weighted by atomic mass is 10.1. The molecule has 214 valence electrons. The molecule has 0 saturated heterocycles. The Balaban J connectivity index is 1.41. The third-order valence-electron chi connectivity index (χ3n) is 5.71. The summed E-state index contributed by atoms with van der Waals surface area (Å²) in [5, 5.41) is 0. The van der Waals surface area contributed by atoms with Gasteiger partial charge in [-0.3, -0.25) is 0 Å². The largest absolute Gasteiger partial charge is 0.513 e. The Labute approximate surface area is 238 Å². The molecule has 3 aromatic carbocycles. The summed E-state index contributed by atoms with van der Waals surface area (Å²) in [6.07, 6.45) is 4.36. The molecule has 9 heteroatoms. The first-order valence-electron chi connectivity index (χ1n) is 13.2. The van der Waals surface area contributed by atoms with Crippen LogP contribution in [0.4, 0.5) is 4.79 Å². The van der Waals surface area contributed by atoms with Crippen molar-refractivity contribution in [1.29, 1.82) is 0 Å². The highest BCUT2D eigenvalue weighted by atomic mass is 16.7. The van der Waals surface area contributed by atoms with Gasteiger partial charge in [-0.15, -0.1) is 0 Å². The molecular formula is C32H32O9. The fourth-order valence-electron chi connectivity index (χ4n) is 3.47. The molecule has 0 saturated carbocycles. The quantitative estimate of drug-likeness (QED) is 0.0717. The predicted molar refractivity (Wildman–Crippen MR) is 150 cm³/mol. The molecule has 0 heterocycles. The van der Waals surface area contributed by atoms with Crippen LogP contribution in [0.5, 0.6) is 17.2 Å². The Hall–Kier alpha value is -4.92.